The van der Waals surface area contributed by atoms with E-state index in [4.69, 9.17) is 9.84 Å². The van der Waals surface area contributed by atoms with Gasteiger partial charge in [-0.3, -0.25) is 14.7 Å². The van der Waals surface area contributed by atoms with Crippen LogP contribution >= 0.6 is 11.3 Å². The molecule has 0 bridgehead atoms. The first-order valence-corrected chi connectivity index (χ1v) is 9.89. The number of amides is 2. The van der Waals surface area contributed by atoms with Crippen molar-refractivity contribution < 1.29 is 19.4 Å². The van der Waals surface area contributed by atoms with E-state index in [1.54, 1.807) is 12.3 Å². The van der Waals surface area contributed by atoms with Crippen molar-refractivity contribution in [2.45, 2.75) is 24.9 Å². The number of aromatic nitrogens is 2. The van der Waals surface area contributed by atoms with Crippen LogP contribution < -0.4 is 5.32 Å². The Bertz CT molecular complexity index is 825. The molecule has 0 unspecified atom stereocenters. The molecule has 8 nitrogen and oxygen atoms in total. The first kappa shape index (κ1) is 18.1. The van der Waals surface area contributed by atoms with Crippen LogP contribution in [-0.2, 0) is 16.8 Å². The van der Waals surface area contributed by atoms with Crippen LogP contribution in [0.3, 0.4) is 0 Å². The molecule has 0 saturated carbocycles. The molecule has 0 atom stereocenters. The van der Waals surface area contributed by atoms with Crippen molar-refractivity contribution in [3.05, 3.63) is 39.3 Å². The number of nitrogens with zero attached hydrogens (tertiary/aromatic N) is 2. The summed E-state index contributed by atoms with van der Waals surface area (Å²) in [6.07, 6.45) is 3.78. The van der Waals surface area contributed by atoms with Crippen molar-refractivity contribution in [2.24, 2.45) is 0 Å². The minimum atomic E-state index is -0.426. The van der Waals surface area contributed by atoms with E-state index in [1.807, 2.05) is 11.0 Å². The highest BCUT2D eigenvalue weighted by molar-refractivity contribution is 7.14. The van der Waals surface area contributed by atoms with Gasteiger partial charge in [-0.05, 0) is 30.5 Å². The number of nitrogens with one attached hydrogen (secondary N) is 2. The lowest BCUT2D eigenvalue weighted by atomic mass is 9.82. The summed E-state index contributed by atoms with van der Waals surface area (Å²) >= 11 is 1.50. The normalized spacial score (nSPS) is 18.3. The van der Waals surface area contributed by atoms with Gasteiger partial charge in [0.2, 0.25) is 0 Å². The zero-order valence-electron chi connectivity index (χ0n) is 14.9. The second-order valence-corrected chi connectivity index (χ2v) is 7.92. The van der Waals surface area contributed by atoms with E-state index < -0.39 is 5.60 Å². The van der Waals surface area contributed by atoms with Gasteiger partial charge in [0.25, 0.3) is 11.8 Å². The van der Waals surface area contributed by atoms with Crippen molar-refractivity contribution in [3.8, 4) is 0 Å². The maximum atomic E-state index is 12.5. The van der Waals surface area contributed by atoms with Crippen LogP contribution in [0.15, 0.2) is 18.3 Å². The number of ether oxygens (including phenoxy) is 1. The van der Waals surface area contributed by atoms with Crippen molar-refractivity contribution in [3.63, 3.8) is 0 Å². The molecule has 2 aromatic heterocycles. The Morgan fingerprint density at radius 2 is 2.22 bits per heavy atom. The highest BCUT2D eigenvalue weighted by atomic mass is 32.1. The molecule has 0 aliphatic carbocycles. The van der Waals surface area contributed by atoms with Gasteiger partial charge in [-0.1, -0.05) is 0 Å². The number of rotatable bonds is 4. The van der Waals surface area contributed by atoms with Gasteiger partial charge in [-0.25, -0.2) is 0 Å². The largest absolute Gasteiger partial charge is 0.395 e. The van der Waals surface area contributed by atoms with Gasteiger partial charge in [0.1, 0.15) is 5.69 Å². The summed E-state index contributed by atoms with van der Waals surface area (Å²) in [5, 5.41) is 18.2. The molecule has 0 radical (unpaired) electrons. The fourth-order valence-corrected chi connectivity index (χ4v) is 4.96. The molecule has 2 aromatic rings. The zero-order chi connectivity index (χ0) is 18.9. The Hall–Kier alpha value is -2.23. The number of carbonyl (C=O) groups excluding carboxylic acids is 2. The number of likely N-dealkylation sites (tertiary alicyclic amines) is 1. The molecule has 2 aliphatic rings. The molecule has 4 rings (SSSR count). The fraction of sp³-hybridized carbons (Fsp3) is 0.500. The van der Waals surface area contributed by atoms with Gasteiger partial charge in [-0.15, -0.1) is 11.3 Å². The average Bonchev–Trinajstić information content (AvgIpc) is 3.37. The van der Waals surface area contributed by atoms with E-state index >= 15 is 0 Å². The van der Waals surface area contributed by atoms with Gasteiger partial charge >= 0.3 is 0 Å². The topological polar surface area (TPSA) is 108 Å². The van der Waals surface area contributed by atoms with Crippen molar-refractivity contribution in [1.82, 2.24) is 20.4 Å². The number of carbonyl (C=O) groups is 2. The third-order valence-electron chi connectivity index (χ3n) is 5.22. The van der Waals surface area contributed by atoms with Gasteiger partial charge in [0.05, 0.1) is 23.7 Å². The third-order valence-corrected chi connectivity index (χ3v) is 6.41. The van der Waals surface area contributed by atoms with E-state index in [-0.39, 0.29) is 25.0 Å². The number of thiophene rings is 1. The van der Waals surface area contributed by atoms with Crippen LogP contribution in [0.5, 0.6) is 0 Å². The average molecular weight is 390 g/mol. The zero-order valence-corrected chi connectivity index (χ0v) is 15.7. The molecule has 1 saturated heterocycles. The quantitative estimate of drug-likeness (QED) is 0.719. The summed E-state index contributed by atoms with van der Waals surface area (Å²) < 4.78 is 6.20. The highest BCUT2D eigenvalue weighted by Gasteiger charge is 2.43. The van der Waals surface area contributed by atoms with Gasteiger partial charge in [0, 0.05) is 37.1 Å². The molecule has 9 heteroatoms. The predicted octanol–water partition coefficient (Wildman–Crippen LogP) is 0.898. The lowest BCUT2D eigenvalue weighted by Crippen LogP contribution is -2.48. The molecule has 3 N–H and O–H groups in total. The monoisotopic (exact) mass is 390 g/mol. The summed E-state index contributed by atoms with van der Waals surface area (Å²) in [6.45, 7) is 1.98. The Balaban J connectivity index is 1.50. The van der Waals surface area contributed by atoms with Crippen molar-refractivity contribution in [1.29, 1.82) is 0 Å². The molecule has 1 fully saturated rings. The second kappa shape index (κ2) is 7.41. The lowest BCUT2D eigenvalue weighted by molar-refractivity contribution is -0.0926. The number of aliphatic hydroxyl groups is 1. The van der Waals surface area contributed by atoms with Crippen LogP contribution in [0.4, 0.5) is 0 Å². The third kappa shape index (κ3) is 3.38. The minimum absolute atomic E-state index is 0.0484. The Labute approximate surface area is 160 Å². The van der Waals surface area contributed by atoms with E-state index in [0.29, 0.717) is 43.1 Å². The number of H-pyrrole nitrogens is 1. The molecule has 4 heterocycles. The molecular formula is C18H22N4O4S. The van der Waals surface area contributed by atoms with E-state index in [2.05, 4.69) is 15.5 Å². The van der Waals surface area contributed by atoms with E-state index in [1.165, 1.54) is 16.2 Å². The minimum Gasteiger partial charge on any atom is -0.395 e. The number of piperidine rings is 1. The van der Waals surface area contributed by atoms with Crippen LogP contribution in [0, 0.1) is 0 Å². The first-order valence-electron chi connectivity index (χ1n) is 9.08. The van der Waals surface area contributed by atoms with E-state index in [9.17, 15) is 9.59 Å². The molecular weight excluding hydrogens is 368 g/mol. The molecule has 1 spiro atoms. The number of hydrogen-bond donors (Lipinski definition) is 3. The summed E-state index contributed by atoms with van der Waals surface area (Å²) in [5.41, 5.74) is 1.15. The Morgan fingerprint density at radius 3 is 2.93 bits per heavy atom. The van der Waals surface area contributed by atoms with Crippen molar-refractivity contribution >= 4 is 23.2 Å². The van der Waals surface area contributed by atoms with Gasteiger partial charge in [-0.2, -0.15) is 5.10 Å². The Kier molecular flexibility index (Phi) is 4.98. The smallest absolute Gasteiger partial charge is 0.271 e. The van der Waals surface area contributed by atoms with Gasteiger partial charge < -0.3 is 20.1 Å². The number of fused-ring (bicyclic) bond motifs is 2. The second-order valence-electron chi connectivity index (χ2n) is 6.78. The van der Waals surface area contributed by atoms with Crippen LogP contribution in [0.25, 0.3) is 0 Å². The fourth-order valence-electron chi connectivity index (χ4n) is 3.82. The Morgan fingerprint density at radius 1 is 1.41 bits per heavy atom. The van der Waals surface area contributed by atoms with Crippen molar-refractivity contribution in [2.75, 3.05) is 32.8 Å². The first-order chi connectivity index (χ1) is 13.1. The summed E-state index contributed by atoms with van der Waals surface area (Å²) in [6, 6.07) is 3.61. The number of hydrogen-bond acceptors (Lipinski definition) is 6. The predicted molar refractivity (Wildman–Crippen MR) is 98.8 cm³/mol. The molecule has 2 amide bonds. The molecule has 144 valence electrons. The maximum absolute atomic E-state index is 12.5. The molecule has 0 aromatic carbocycles. The van der Waals surface area contributed by atoms with Gasteiger partial charge in [0.15, 0.2) is 0 Å². The maximum Gasteiger partial charge on any atom is 0.271 e. The lowest BCUT2D eigenvalue weighted by Gasteiger charge is -2.43. The number of aromatic amines is 1. The molecule has 2 aliphatic heterocycles. The standard InChI is InChI=1S/C18H22N4O4S/c23-9-6-19-16(24)15-11-12-14(27-15)2-10-26-18(12)3-7-22(8-4-18)17(25)13-1-5-20-21-13/h1,5,11,23H,2-4,6-10H2,(H,19,24)(H,20,21). The summed E-state index contributed by atoms with van der Waals surface area (Å²) in [4.78, 5) is 28.4. The van der Waals surface area contributed by atoms with Crippen LogP contribution in [-0.4, -0.2) is 64.9 Å². The highest BCUT2D eigenvalue weighted by Crippen LogP contribution is 2.44. The SMILES string of the molecule is O=C(NCCO)c1cc2c(s1)CCOC21CCN(C(=O)c2ccn[nH]2)CC1. The number of aliphatic hydroxyl groups excluding tert-OH is 1. The summed E-state index contributed by atoms with van der Waals surface area (Å²) in [7, 11) is 0. The molecule has 27 heavy (non-hydrogen) atoms. The van der Waals surface area contributed by atoms with E-state index in [0.717, 1.165) is 12.0 Å². The van der Waals surface area contributed by atoms with Crippen LogP contribution in [0.1, 0.15) is 43.4 Å². The summed E-state index contributed by atoms with van der Waals surface area (Å²) in [5.74, 6) is -0.210. The van der Waals surface area contributed by atoms with Crippen LogP contribution in [0.2, 0.25) is 0 Å².